The van der Waals surface area contributed by atoms with Crippen LogP contribution in [0.1, 0.15) is 43.7 Å². The highest BCUT2D eigenvalue weighted by molar-refractivity contribution is 5.67. The number of aryl methyl sites for hydroxylation is 2. The van der Waals surface area contributed by atoms with Crippen molar-refractivity contribution in [3.05, 3.63) is 29.3 Å². The lowest BCUT2D eigenvalue weighted by Gasteiger charge is -2.41. The fraction of sp³-hybridized carbons (Fsp3) is 0.667. The lowest BCUT2D eigenvalue weighted by molar-refractivity contribution is 0.0674. The molecule has 2 aliphatic rings. The van der Waals surface area contributed by atoms with E-state index >= 15 is 0 Å². The molecule has 0 aliphatic carbocycles. The Hall–Kier alpha value is -1.75. The third kappa shape index (κ3) is 4.91. The molecule has 1 aromatic rings. The van der Waals surface area contributed by atoms with Gasteiger partial charge in [0.05, 0.1) is 6.61 Å². The van der Waals surface area contributed by atoms with Crippen LogP contribution in [0.25, 0.3) is 0 Å². The van der Waals surface area contributed by atoms with E-state index in [1.807, 2.05) is 11.8 Å². The summed E-state index contributed by atoms with van der Waals surface area (Å²) in [5.74, 6) is 0. The second-order valence-electron chi connectivity index (χ2n) is 7.75. The van der Waals surface area contributed by atoms with Crippen molar-refractivity contribution in [3.8, 4) is 0 Å². The maximum Gasteiger partial charge on any atom is 0.409 e. The number of carbonyl (C=O) groups is 1. The lowest BCUT2D eigenvalue weighted by atomic mass is 9.97. The number of anilines is 1. The minimum absolute atomic E-state index is 0.151. The largest absolute Gasteiger partial charge is 0.450 e. The van der Waals surface area contributed by atoms with Crippen molar-refractivity contribution in [1.82, 2.24) is 9.80 Å². The Morgan fingerprint density at radius 3 is 2.23 bits per heavy atom. The second-order valence-corrected chi connectivity index (χ2v) is 7.75. The Kier molecular flexibility index (Phi) is 6.41. The van der Waals surface area contributed by atoms with Crippen LogP contribution >= 0.6 is 0 Å². The number of benzene rings is 1. The molecule has 5 nitrogen and oxygen atoms in total. The van der Waals surface area contributed by atoms with Gasteiger partial charge < -0.3 is 19.9 Å². The van der Waals surface area contributed by atoms with Gasteiger partial charge in [-0.25, -0.2) is 4.79 Å². The first-order valence-electron chi connectivity index (χ1n) is 10.1. The highest BCUT2D eigenvalue weighted by Gasteiger charge is 2.30. The van der Waals surface area contributed by atoms with Gasteiger partial charge in [0.25, 0.3) is 0 Å². The number of ether oxygens (including phenoxy) is 1. The van der Waals surface area contributed by atoms with Gasteiger partial charge in [0.15, 0.2) is 0 Å². The highest BCUT2D eigenvalue weighted by atomic mass is 16.6. The molecule has 5 heteroatoms. The highest BCUT2D eigenvalue weighted by Crippen LogP contribution is 2.24. The Labute approximate surface area is 157 Å². The van der Waals surface area contributed by atoms with E-state index in [2.05, 4.69) is 42.3 Å². The Balaban J connectivity index is 1.43. The van der Waals surface area contributed by atoms with Crippen LogP contribution in [-0.4, -0.2) is 60.8 Å². The van der Waals surface area contributed by atoms with Crippen molar-refractivity contribution >= 4 is 11.8 Å². The van der Waals surface area contributed by atoms with Crippen LogP contribution in [0.3, 0.4) is 0 Å². The monoisotopic (exact) mass is 359 g/mol. The van der Waals surface area contributed by atoms with Crippen LogP contribution in [0.4, 0.5) is 10.5 Å². The van der Waals surface area contributed by atoms with E-state index in [9.17, 15) is 4.79 Å². The van der Waals surface area contributed by atoms with Crippen LogP contribution in [-0.2, 0) is 4.74 Å². The van der Waals surface area contributed by atoms with Crippen molar-refractivity contribution in [2.24, 2.45) is 0 Å². The van der Waals surface area contributed by atoms with Crippen LogP contribution in [0.15, 0.2) is 18.2 Å². The van der Waals surface area contributed by atoms with E-state index in [4.69, 9.17) is 4.74 Å². The molecule has 1 N–H and O–H groups in total. The van der Waals surface area contributed by atoms with Crippen LogP contribution in [0, 0.1) is 13.8 Å². The molecule has 0 saturated carbocycles. The molecule has 0 spiro atoms. The van der Waals surface area contributed by atoms with Gasteiger partial charge in [0, 0.05) is 44.0 Å². The third-order valence-corrected chi connectivity index (χ3v) is 5.63. The molecular formula is C21H33N3O2. The number of likely N-dealkylation sites (tertiary alicyclic amines) is 2. The number of carbonyl (C=O) groups excluding carboxylic acids is 1. The normalized spacial score (nSPS) is 20.2. The van der Waals surface area contributed by atoms with Gasteiger partial charge in [0.1, 0.15) is 0 Å². The fourth-order valence-electron chi connectivity index (χ4n) is 4.33. The maximum atomic E-state index is 11.8. The number of hydrogen-bond acceptors (Lipinski definition) is 4. The summed E-state index contributed by atoms with van der Waals surface area (Å²) < 4.78 is 5.11. The predicted molar refractivity (Wildman–Crippen MR) is 106 cm³/mol. The van der Waals surface area contributed by atoms with Crippen molar-refractivity contribution in [2.45, 2.75) is 58.5 Å². The first-order chi connectivity index (χ1) is 12.5. The van der Waals surface area contributed by atoms with E-state index in [1.165, 1.54) is 29.7 Å². The molecule has 2 saturated heterocycles. The summed E-state index contributed by atoms with van der Waals surface area (Å²) in [6.07, 6.45) is 4.35. The van der Waals surface area contributed by atoms with Gasteiger partial charge in [-0.05, 0) is 69.7 Å². The zero-order valence-electron chi connectivity index (χ0n) is 16.5. The number of hydrogen-bond donors (Lipinski definition) is 1. The molecule has 144 valence electrons. The molecule has 0 atom stereocenters. The molecule has 1 aromatic carbocycles. The molecule has 3 rings (SSSR count). The van der Waals surface area contributed by atoms with E-state index in [1.54, 1.807) is 0 Å². The smallest absolute Gasteiger partial charge is 0.409 e. The average molecular weight is 360 g/mol. The van der Waals surface area contributed by atoms with Crippen LogP contribution in [0.2, 0.25) is 0 Å². The van der Waals surface area contributed by atoms with Gasteiger partial charge in [-0.2, -0.15) is 0 Å². The maximum absolute atomic E-state index is 11.8. The number of nitrogens with one attached hydrogen (secondary N) is 1. The average Bonchev–Trinajstić information content (AvgIpc) is 2.62. The minimum Gasteiger partial charge on any atom is -0.450 e. The number of nitrogens with zero attached hydrogens (tertiary/aromatic N) is 2. The molecule has 0 aromatic heterocycles. The Morgan fingerprint density at radius 2 is 1.65 bits per heavy atom. The van der Waals surface area contributed by atoms with Crippen LogP contribution in [0.5, 0.6) is 0 Å². The summed E-state index contributed by atoms with van der Waals surface area (Å²) in [6, 6.07) is 7.88. The SMILES string of the molecule is CCOC(=O)N1CCC(N2CCC(Nc3cc(C)cc(C)c3)CC2)CC1. The number of amides is 1. The van der Waals surface area contributed by atoms with Crippen molar-refractivity contribution in [3.63, 3.8) is 0 Å². The topological polar surface area (TPSA) is 44.8 Å². The summed E-state index contributed by atoms with van der Waals surface area (Å²) in [5.41, 5.74) is 3.89. The standard InChI is InChI=1S/C21H33N3O2/c1-4-26-21(25)24-11-7-20(8-12-24)23-9-5-18(6-10-23)22-19-14-16(2)13-17(3)15-19/h13-15,18,20,22H,4-12H2,1-3H3. The molecular weight excluding hydrogens is 326 g/mol. The van der Waals surface area contributed by atoms with Gasteiger partial charge in [-0.1, -0.05) is 6.07 Å². The minimum atomic E-state index is -0.151. The van der Waals surface area contributed by atoms with Crippen molar-refractivity contribution in [2.75, 3.05) is 38.1 Å². The Bertz CT molecular complexity index is 583. The molecule has 0 radical (unpaired) electrons. The zero-order valence-corrected chi connectivity index (χ0v) is 16.5. The van der Waals surface area contributed by atoms with E-state index in [-0.39, 0.29) is 6.09 Å². The van der Waals surface area contributed by atoms with Gasteiger partial charge >= 0.3 is 6.09 Å². The summed E-state index contributed by atoms with van der Waals surface area (Å²) in [6.45, 7) is 10.6. The van der Waals surface area contributed by atoms with E-state index in [0.29, 0.717) is 18.7 Å². The van der Waals surface area contributed by atoms with Crippen LogP contribution < -0.4 is 5.32 Å². The van der Waals surface area contributed by atoms with E-state index in [0.717, 1.165) is 39.0 Å². The first kappa shape index (κ1) is 19.0. The first-order valence-corrected chi connectivity index (χ1v) is 10.1. The summed E-state index contributed by atoms with van der Waals surface area (Å²) in [5, 5.41) is 3.73. The predicted octanol–water partition coefficient (Wildman–Crippen LogP) is 3.80. The summed E-state index contributed by atoms with van der Waals surface area (Å²) in [4.78, 5) is 16.3. The fourth-order valence-corrected chi connectivity index (χ4v) is 4.33. The van der Waals surface area contributed by atoms with Gasteiger partial charge in [0.2, 0.25) is 0 Å². The molecule has 2 aliphatic heterocycles. The van der Waals surface area contributed by atoms with Gasteiger partial charge in [-0.3, -0.25) is 0 Å². The Morgan fingerprint density at radius 1 is 1.04 bits per heavy atom. The molecule has 1 amide bonds. The number of rotatable bonds is 4. The van der Waals surface area contributed by atoms with Gasteiger partial charge in [-0.15, -0.1) is 0 Å². The van der Waals surface area contributed by atoms with Crippen molar-refractivity contribution < 1.29 is 9.53 Å². The molecule has 2 heterocycles. The van der Waals surface area contributed by atoms with E-state index < -0.39 is 0 Å². The lowest BCUT2D eigenvalue weighted by Crippen LogP contribution is -2.50. The number of piperidine rings is 2. The molecule has 0 unspecified atom stereocenters. The molecule has 2 fully saturated rings. The third-order valence-electron chi connectivity index (χ3n) is 5.63. The second kappa shape index (κ2) is 8.76. The molecule has 0 bridgehead atoms. The van der Waals surface area contributed by atoms with Crippen molar-refractivity contribution in [1.29, 1.82) is 0 Å². The summed E-state index contributed by atoms with van der Waals surface area (Å²) in [7, 11) is 0. The summed E-state index contributed by atoms with van der Waals surface area (Å²) >= 11 is 0. The molecule has 26 heavy (non-hydrogen) atoms. The zero-order chi connectivity index (χ0) is 18.5. The quantitative estimate of drug-likeness (QED) is 0.888.